The summed E-state index contributed by atoms with van der Waals surface area (Å²) in [5, 5.41) is 6.87. The monoisotopic (exact) mass is 268 g/mol. The van der Waals surface area contributed by atoms with Gasteiger partial charge in [-0.15, -0.1) is 0 Å². The smallest absolute Gasteiger partial charge is 0.181 e. The van der Waals surface area contributed by atoms with Crippen molar-refractivity contribution in [3.05, 3.63) is 53.8 Å². The van der Waals surface area contributed by atoms with Crippen LogP contribution in [0.5, 0.6) is 0 Å². The van der Waals surface area contributed by atoms with E-state index in [2.05, 4.69) is 15.2 Å². The van der Waals surface area contributed by atoms with Gasteiger partial charge in [-0.1, -0.05) is 24.3 Å². The van der Waals surface area contributed by atoms with E-state index in [0.717, 1.165) is 11.1 Å². The second-order valence-corrected chi connectivity index (χ2v) is 4.56. The number of hydrogen-bond acceptors (Lipinski definition) is 3. The summed E-state index contributed by atoms with van der Waals surface area (Å²) in [5.74, 6) is 0.561. The largest absolute Gasteiger partial charge is 0.398 e. The van der Waals surface area contributed by atoms with E-state index in [1.807, 2.05) is 25.1 Å². The van der Waals surface area contributed by atoms with Crippen LogP contribution in [0.3, 0.4) is 0 Å². The fourth-order valence-electron chi connectivity index (χ4n) is 1.94. The maximum Gasteiger partial charge on any atom is 0.181 e. The van der Waals surface area contributed by atoms with Gasteiger partial charge in [0.25, 0.3) is 0 Å². The highest BCUT2D eigenvalue weighted by Crippen LogP contribution is 2.24. The lowest BCUT2D eigenvalue weighted by Crippen LogP contribution is -1.90. The minimum Gasteiger partial charge on any atom is -0.398 e. The predicted molar refractivity (Wildman–Crippen MR) is 76.4 cm³/mol. The van der Waals surface area contributed by atoms with Crippen molar-refractivity contribution in [1.29, 1.82) is 0 Å². The average Bonchev–Trinajstić information content (AvgIpc) is 2.92. The van der Waals surface area contributed by atoms with Gasteiger partial charge in [0, 0.05) is 11.3 Å². The molecule has 0 atom stereocenters. The number of nitrogen functional groups attached to an aromatic ring is 1. The van der Waals surface area contributed by atoms with E-state index >= 15 is 0 Å². The lowest BCUT2D eigenvalue weighted by molar-refractivity contribution is 0.630. The number of aryl methyl sites for hydroxylation is 1. The van der Waals surface area contributed by atoms with Crippen LogP contribution in [0.25, 0.3) is 22.8 Å². The molecular formula is C15H13FN4. The second kappa shape index (κ2) is 4.77. The third-order valence-electron chi connectivity index (χ3n) is 3.15. The average molecular weight is 268 g/mol. The molecule has 4 nitrogen and oxygen atoms in total. The first-order valence-corrected chi connectivity index (χ1v) is 6.19. The lowest BCUT2D eigenvalue weighted by atomic mass is 10.1. The maximum absolute atomic E-state index is 13.7. The molecule has 0 fully saturated rings. The van der Waals surface area contributed by atoms with E-state index in [-0.39, 0.29) is 5.82 Å². The number of nitrogens with zero attached hydrogens (tertiary/aromatic N) is 2. The molecule has 0 aliphatic carbocycles. The summed E-state index contributed by atoms with van der Waals surface area (Å²) in [7, 11) is 0. The van der Waals surface area contributed by atoms with Crippen molar-refractivity contribution in [1.82, 2.24) is 15.2 Å². The molecule has 0 saturated carbocycles. The van der Waals surface area contributed by atoms with Crippen LogP contribution in [0.15, 0.2) is 42.5 Å². The van der Waals surface area contributed by atoms with Gasteiger partial charge in [-0.05, 0) is 30.7 Å². The lowest BCUT2D eigenvalue weighted by Gasteiger charge is -2.01. The van der Waals surface area contributed by atoms with Crippen molar-refractivity contribution in [2.75, 3.05) is 5.73 Å². The van der Waals surface area contributed by atoms with Gasteiger partial charge in [0.1, 0.15) is 5.82 Å². The van der Waals surface area contributed by atoms with Gasteiger partial charge in [-0.2, -0.15) is 5.10 Å². The molecule has 3 N–H and O–H groups in total. The number of aromatic nitrogens is 3. The topological polar surface area (TPSA) is 67.6 Å². The molecule has 0 aliphatic rings. The number of anilines is 1. The number of halogens is 1. The fourth-order valence-corrected chi connectivity index (χ4v) is 1.94. The van der Waals surface area contributed by atoms with Crippen LogP contribution in [0.1, 0.15) is 5.56 Å². The second-order valence-electron chi connectivity index (χ2n) is 4.56. The number of nitrogens with two attached hydrogens (primary N) is 1. The molecule has 3 aromatic rings. The number of nitrogens with one attached hydrogen (secondary N) is 1. The van der Waals surface area contributed by atoms with Gasteiger partial charge >= 0.3 is 0 Å². The molecule has 0 unspecified atom stereocenters. The maximum atomic E-state index is 13.7. The molecular weight excluding hydrogens is 255 g/mol. The Labute approximate surface area is 115 Å². The highest BCUT2D eigenvalue weighted by molar-refractivity contribution is 5.66. The van der Waals surface area contributed by atoms with Crippen LogP contribution in [-0.4, -0.2) is 15.2 Å². The van der Waals surface area contributed by atoms with E-state index in [1.54, 1.807) is 18.2 Å². The van der Waals surface area contributed by atoms with E-state index in [9.17, 15) is 4.39 Å². The summed E-state index contributed by atoms with van der Waals surface area (Å²) in [4.78, 5) is 4.32. The molecule has 2 aromatic carbocycles. The first-order chi connectivity index (χ1) is 9.65. The minimum absolute atomic E-state index is 0.335. The minimum atomic E-state index is -0.335. The Kier molecular flexibility index (Phi) is 2.95. The van der Waals surface area contributed by atoms with E-state index in [1.165, 1.54) is 6.07 Å². The molecule has 1 heterocycles. The summed E-state index contributed by atoms with van der Waals surface area (Å²) < 4.78 is 13.7. The Balaban J connectivity index is 2.02. The number of H-pyrrole nitrogens is 1. The highest BCUT2D eigenvalue weighted by Gasteiger charge is 2.11. The van der Waals surface area contributed by atoms with Crippen LogP contribution in [-0.2, 0) is 0 Å². The normalized spacial score (nSPS) is 10.7. The van der Waals surface area contributed by atoms with Crippen LogP contribution >= 0.6 is 0 Å². The van der Waals surface area contributed by atoms with Crippen molar-refractivity contribution in [2.24, 2.45) is 0 Å². The van der Waals surface area contributed by atoms with Crippen molar-refractivity contribution in [3.8, 4) is 22.8 Å². The summed E-state index contributed by atoms with van der Waals surface area (Å²) in [5.41, 5.74) is 8.75. The number of rotatable bonds is 2. The standard InChI is InChI=1S/C15H13FN4/c1-9-6-7-10(8-13(9)17)14-18-15(20-19-14)11-4-2-3-5-12(11)16/h2-8H,17H2,1H3,(H,18,19,20). The molecule has 0 bridgehead atoms. The quantitative estimate of drug-likeness (QED) is 0.701. The molecule has 1 aromatic heterocycles. The summed E-state index contributed by atoms with van der Waals surface area (Å²) in [6.45, 7) is 1.93. The summed E-state index contributed by atoms with van der Waals surface area (Å²) in [6, 6.07) is 12.0. The first kappa shape index (κ1) is 12.3. The molecule has 0 spiro atoms. The number of benzene rings is 2. The van der Waals surface area contributed by atoms with E-state index < -0.39 is 0 Å². The molecule has 0 amide bonds. The summed E-state index contributed by atoms with van der Waals surface area (Å²) in [6.07, 6.45) is 0. The van der Waals surface area contributed by atoms with Gasteiger partial charge in [0.2, 0.25) is 0 Å². The van der Waals surface area contributed by atoms with Gasteiger partial charge in [0.15, 0.2) is 11.6 Å². The van der Waals surface area contributed by atoms with Crippen LogP contribution < -0.4 is 5.73 Å². The molecule has 20 heavy (non-hydrogen) atoms. The van der Waals surface area contributed by atoms with Crippen molar-refractivity contribution < 1.29 is 4.39 Å². The highest BCUT2D eigenvalue weighted by atomic mass is 19.1. The molecule has 5 heteroatoms. The first-order valence-electron chi connectivity index (χ1n) is 6.19. The Bertz CT molecular complexity index is 764. The predicted octanol–water partition coefficient (Wildman–Crippen LogP) is 3.17. The van der Waals surface area contributed by atoms with Gasteiger partial charge in [-0.25, -0.2) is 9.37 Å². The zero-order chi connectivity index (χ0) is 14.1. The molecule has 0 radical (unpaired) electrons. The Morgan fingerprint density at radius 1 is 1.15 bits per heavy atom. The fraction of sp³-hybridized carbons (Fsp3) is 0.0667. The number of aromatic amines is 1. The van der Waals surface area contributed by atoms with Crippen molar-refractivity contribution in [2.45, 2.75) is 6.92 Å². The van der Waals surface area contributed by atoms with E-state index in [0.29, 0.717) is 22.9 Å². The Morgan fingerprint density at radius 2 is 1.95 bits per heavy atom. The molecule has 0 aliphatic heterocycles. The van der Waals surface area contributed by atoms with E-state index in [4.69, 9.17) is 5.73 Å². The summed E-state index contributed by atoms with van der Waals surface area (Å²) >= 11 is 0. The molecule has 0 saturated heterocycles. The van der Waals surface area contributed by atoms with Crippen molar-refractivity contribution >= 4 is 5.69 Å². The molecule has 3 rings (SSSR count). The zero-order valence-corrected chi connectivity index (χ0v) is 10.9. The van der Waals surface area contributed by atoms with Crippen LogP contribution in [0, 0.1) is 12.7 Å². The molecule has 100 valence electrons. The zero-order valence-electron chi connectivity index (χ0n) is 10.9. The Hall–Kier alpha value is -2.69. The SMILES string of the molecule is Cc1ccc(-c2n[nH]c(-c3ccccc3F)n2)cc1N. The number of hydrogen-bond donors (Lipinski definition) is 2. The van der Waals surface area contributed by atoms with Gasteiger partial charge in [-0.3, -0.25) is 5.10 Å². The third-order valence-corrected chi connectivity index (χ3v) is 3.15. The Morgan fingerprint density at radius 3 is 2.70 bits per heavy atom. The van der Waals surface area contributed by atoms with Crippen molar-refractivity contribution in [3.63, 3.8) is 0 Å². The van der Waals surface area contributed by atoms with Gasteiger partial charge in [0.05, 0.1) is 5.56 Å². The van der Waals surface area contributed by atoms with Crippen LogP contribution in [0.4, 0.5) is 10.1 Å². The third kappa shape index (κ3) is 2.14. The van der Waals surface area contributed by atoms with Crippen LogP contribution in [0.2, 0.25) is 0 Å². The van der Waals surface area contributed by atoms with Gasteiger partial charge < -0.3 is 5.73 Å².